The van der Waals surface area contributed by atoms with Gasteiger partial charge in [0, 0.05) is 5.56 Å². The first-order valence-electron chi connectivity index (χ1n) is 5.43. The van der Waals surface area contributed by atoms with E-state index in [-0.39, 0.29) is 17.0 Å². The molecule has 3 heteroatoms. The Hall–Kier alpha value is -1.43. The van der Waals surface area contributed by atoms with E-state index in [1.165, 1.54) is 0 Å². The highest BCUT2D eigenvalue weighted by molar-refractivity contribution is 5.37. The number of hydrogen-bond acceptors (Lipinski definition) is 1. The molecule has 1 aromatic carbocycles. The van der Waals surface area contributed by atoms with Crippen LogP contribution in [0.5, 0.6) is 0 Å². The number of nitrogens with zero attached hydrogens (tertiary/aromatic N) is 1. The summed E-state index contributed by atoms with van der Waals surface area (Å²) in [5.41, 5.74) is 0.207. The van der Waals surface area contributed by atoms with Gasteiger partial charge in [0.25, 0.3) is 0 Å². The van der Waals surface area contributed by atoms with Crippen molar-refractivity contribution in [2.75, 3.05) is 0 Å². The van der Waals surface area contributed by atoms with Crippen molar-refractivity contribution in [1.82, 2.24) is 0 Å². The molecule has 0 aliphatic heterocycles. The molecule has 0 aromatic heterocycles. The number of benzene rings is 1. The molecule has 1 saturated carbocycles. The van der Waals surface area contributed by atoms with E-state index < -0.39 is 11.6 Å². The summed E-state index contributed by atoms with van der Waals surface area (Å²) in [6.07, 6.45) is 0.845. The summed E-state index contributed by atoms with van der Waals surface area (Å²) < 4.78 is 27.3. The van der Waals surface area contributed by atoms with Gasteiger partial charge in [0.15, 0.2) is 0 Å². The monoisotopic (exact) mass is 221 g/mol. The van der Waals surface area contributed by atoms with Gasteiger partial charge in [-0.1, -0.05) is 13.8 Å². The highest BCUT2D eigenvalue weighted by Crippen LogP contribution is 2.53. The molecule has 2 atom stereocenters. The SMILES string of the molecule is CC(C)[C@H]1C[C@@H]1c1c(F)cc(C#N)cc1F. The summed E-state index contributed by atoms with van der Waals surface area (Å²) in [5.74, 6) is -0.349. The molecule has 1 aromatic rings. The van der Waals surface area contributed by atoms with Crippen molar-refractivity contribution in [3.05, 3.63) is 34.9 Å². The fraction of sp³-hybridized carbons (Fsp3) is 0.462. The Kier molecular flexibility index (Phi) is 2.67. The van der Waals surface area contributed by atoms with Crippen LogP contribution in [0.3, 0.4) is 0 Å². The van der Waals surface area contributed by atoms with E-state index in [2.05, 4.69) is 13.8 Å². The Balaban J connectivity index is 2.34. The third-order valence-electron chi connectivity index (χ3n) is 3.28. The lowest BCUT2D eigenvalue weighted by molar-refractivity contribution is 0.516. The predicted molar refractivity (Wildman–Crippen MR) is 56.8 cm³/mol. The second kappa shape index (κ2) is 3.86. The topological polar surface area (TPSA) is 23.8 Å². The van der Waals surface area contributed by atoms with Gasteiger partial charge >= 0.3 is 0 Å². The highest BCUT2D eigenvalue weighted by atomic mass is 19.1. The molecule has 1 fully saturated rings. The Morgan fingerprint density at radius 1 is 1.31 bits per heavy atom. The van der Waals surface area contributed by atoms with Crippen molar-refractivity contribution in [2.45, 2.75) is 26.2 Å². The molecule has 1 aliphatic carbocycles. The van der Waals surface area contributed by atoms with Crippen LogP contribution in [0.1, 0.15) is 37.3 Å². The van der Waals surface area contributed by atoms with Gasteiger partial charge in [0.05, 0.1) is 11.6 Å². The molecule has 0 saturated heterocycles. The second-order valence-electron chi connectivity index (χ2n) is 4.72. The van der Waals surface area contributed by atoms with E-state index >= 15 is 0 Å². The Morgan fingerprint density at radius 2 is 1.88 bits per heavy atom. The first-order chi connectivity index (χ1) is 7.54. The average Bonchev–Trinajstić information content (AvgIpc) is 2.96. The van der Waals surface area contributed by atoms with E-state index in [0.717, 1.165) is 18.6 Å². The third-order valence-corrected chi connectivity index (χ3v) is 3.28. The van der Waals surface area contributed by atoms with Gasteiger partial charge in [-0.05, 0) is 36.3 Å². The molecular formula is C13H13F2N. The summed E-state index contributed by atoms with van der Waals surface area (Å²) in [6, 6.07) is 3.99. The lowest BCUT2D eigenvalue weighted by atomic mass is 10.0. The average molecular weight is 221 g/mol. The van der Waals surface area contributed by atoms with Crippen molar-refractivity contribution < 1.29 is 8.78 Å². The maximum absolute atomic E-state index is 13.6. The zero-order valence-corrected chi connectivity index (χ0v) is 9.30. The van der Waals surface area contributed by atoms with Crippen LogP contribution in [-0.2, 0) is 0 Å². The number of rotatable bonds is 2. The fourth-order valence-corrected chi connectivity index (χ4v) is 2.29. The van der Waals surface area contributed by atoms with Crippen LogP contribution in [-0.4, -0.2) is 0 Å². The summed E-state index contributed by atoms with van der Waals surface area (Å²) in [7, 11) is 0. The minimum atomic E-state index is -0.579. The molecule has 0 bridgehead atoms. The second-order valence-corrected chi connectivity index (χ2v) is 4.72. The minimum Gasteiger partial charge on any atom is -0.207 e. The van der Waals surface area contributed by atoms with Crippen molar-refractivity contribution in [1.29, 1.82) is 5.26 Å². The number of nitriles is 1. The lowest BCUT2D eigenvalue weighted by Crippen LogP contribution is -1.99. The molecule has 1 aliphatic rings. The lowest BCUT2D eigenvalue weighted by Gasteiger charge is -2.06. The van der Waals surface area contributed by atoms with Gasteiger partial charge in [0.1, 0.15) is 11.6 Å². The van der Waals surface area contributed by atoms with Gasteiger partial charge in [-0.2, -0.15) is 5.26 Å². The van der Waals surface area contributed by atoms with Gasteiger partial charge in [0.2, 0.25) is 0 Å². The van der Waals surface area contributed by atoms with Crippen molar-refractivity contribution in [2.24, 2.45) is 11.8 Å². The molecule has 0 spiro atoms. The summed E-state index contributed by atoms with van der Waals surface area (Å²) in [4.78, 5) is 0. The Morgan fingerprint density at radius 3 is 2.25 bits per heavy atom. The molecule has 0 radical (unpaired) electrons. The normalized spacial score (nSPS) is 23.2. The molecule has 2 rings (SSSR count). The molecule has 0 amide bonds. The van der Waals surface area contributed by atoms with Crippen molar-refractivity contribution >= 4 is 0 Å². The number of hydrogen-bond donors (Lipinski definition) is 0. The fourth-order valence-electron chi connectivity index (χ4n) is 2.29. The zero-order valence-electron chi connectivity index (χ0n) is 9.30. The van der Waals surface area contributed by atoms with E-state index in [0.29, 0.717) is 11.8 Å². The predicted octanol–water partition coefficient (Wildman–Crippen LogP) is 3.60. The summed E-state index contributed by atoms with van der Waals surface area (Å²) in [5, 5.41) is 8.59. The molecule has 84 valence electrons. The zero-order chi connectivity index (χ0) is 11.9. The first kappa shape index (κ1) is 11.1. The van der Waals surface area contributed by atoms with Crippen LogP contribution in [0, 0.1) is 34.8 Å². The van der Waals surface area contributed by atoms with Gasteiger partial charge in [-0.3, -0.25) is 0 Å². The van der Waals surface area contributed by atoms with E-state index in [1.807, 2.05) is 0 Å². The van der Waals surface area contributed by atoms with Crippen LogP contribution in [0.2, 0.25) is 0 Å². The van der Waals surface area contributed by atoms with Crippen molar-refractivity contribution in [3.8, 4) is 6.07 Å². The van der Waals surface area contributed by atoms with Crippen LogP contribution < -0.4 is 0 Å². The largest absolute Gasteiger partial charge is 0.207 e. The van der Waals surface area contributed by atoms with Crippen LogP contribution in [0.25, 0.3) is 0 Å². The molecule has 0 unspecified atom stereocenters. The van der Waals surface area contributed by atoms with E-state index in [4.69, 9.17) is 5.26 Å². The van der Waals surface area contributed by atoms with Crippen LogP contribution in [0.4, 0.5) is 8.78 Å². The van der Waals surface area contributed by atoms with E-state index in [9.17, 15) is 8.78 Å². The smallest absolute Gasteiger partial charge is 0.130 e. The molecular weight excluding hydrogens is 208 g/mol. The molecule has 0 N–H and O–H groups in total. The summed E-state index contributed by atoms with van der Waals surface area (Å²) >= 11 is 0. The van der Waals surface area contributed by atoms with E-state index in [1.54, 1.807) is 6.07 Å². The quantitative estimate of drug-likeness (QED) is 0.748. The highest BCUT2D eigenvalue weighted by Gasteiger charge is 2.43. The molecule has 1 nitrogen and oxygen atoms in total. The standard InChI is InChI=1S/C13H13F2N/c1-7(2)9-5-10(9)13-11(14)3-8(6-16)4-12(13)15/h3-4,7,9-10H,5H2,1-2H3/t9-,10+/m1/s1. The molecule has 0 heterocycles. The molecule has 16 heavy (non-hydrogen) atoms. The third kappa shape index (κ3) is 1.80. The maximum atomic E-state index is 13.6. The van der Waals surface area contributed by atoms with Gasteiger partial charge < -0.3 is 0 Å². The van der Waals surface area contributed by atoms with Gasteiger partial charge in [-0.15, -0.1) is 0 Å². The van der Waals surface area contributed by atoms with Gasteiger partial charge in [-0.25, -0.2) is 8.78 Å². The van der Waals surface area contributed by atoms with Crippen LogP contribution >= 0.6 is 0 Å². The van der Waals surface area contributed by atoms with Crippen molar-refractivity contribution in [3.63, 3.8) is 0 Å². The first-order valence-corrected chi connectivity index (χ1v) is 5.43. The Bertz CT molecular complexity index is 436. The van der Waals surface area contributed by atoms with Crippen LogP contribution in [0.15, 0.2) is 12.1 Å². The minimum absolute atomic E-state index is 0.00672. The number of halogens is 2. The Labute approximate surface area is 93.7 Å². The summed E-state index contributed by atoms with van der Waals surface area (Å²) in [6.45, 7) is 4.12. The maximum Gasteiger partial charge on any atom is 0.130 e.